The van der Waals surface area contributed by atoms with Crippen LogP contribution in [0.3, 0.4) is 0 Å². The minimum Gasteiger partial charge on any atom is -0.316 e. The van der Waals surface area contributed by atoms with E-state index >= 15 is 0 Å². The molecule has 0 unspecified atom stereocenters. The maximum atomic E-state index is 3.39. The van der Waals surface area contributed by atoms with E-state index in [0.717, 1.165) is 25.9 Å². The lowest BCUT2D eigenvalue weighted by molar-refractivity contribution is 0.679. The van der Waals surface area contributed by atoms with Crippen LogP contribution in [-0.2, 0) is 6.42 Å². The van der Waals surface area contributed by atoms with Crippen molar-refractivity contribution in [3.63, 3.8) is 0 Å². The molecule has 0 saturated carbocycles. The highest BCUT2D eigenvalue weighted by atomic mass is 14.8. The van der Waals surface area contributed by atoms with E-state index in [2.05, 4.69) is 55.6 Å². The molecule has 0 aliphatic rings. The van der Waals surface area contributed by atoms with Gasteiger partial charge in [0.1, 0.15) is 0 Å². The predicted molar refractivity (Wildman–Crippen MR) is 72.6 cm³/mol. The quantitative estimate of drug-likeness (QED) is 0.687. The molecule has 0 heterocycles. The van der Waals surface area contributed by atoms with Crippen LogP contribution < -0.4 is 5.32 Å². The van der Waals surface area contributed by atoms with E-state index in [0.29, 0.717) is 0 Å². The molecule has 1 N–H and O–H groups in total. The number of nitrogens with one attached hydrogen (secondary N) is 1. The summed E-state index contributed by atoms with van der Waals surface area (Å²) in [6, 6.07) is 8.79. The van der Waals surface area contributed by atoms with Crippen molar-refractivity contribution in [3.05, 3.63) is 41.5 Å². The Hall–Kier alpha value is -1.08. The minimum atomic E-state index is 1.08. The summed E-state index contributed by atoms with van der Waals surface area (Å²) < 4.78 is 0. The van der Waals surface area contributed by atoms with Crippen molar-refractivity contribution in [3.8, 4) is 0 Å². The summed E-state index contributed by atoms with van der Waals surface area (Å²) in [5.41, 5.74) is 2.70. The van der Waals surface area contributed by atoms with Gasteiger partial charge in [0.2, 0.25) is 0 Å². The van der Waals surface area contributed by atoms with Crippen LogP contribution in [-0.4, -0.2) is 13.1 Å². The van der Waals surface area contributed by atoms with Gasteiger partial charge in [0.25, 0.3) is 0 Å². The minimum absolute atomic E-state index is 1.08. The third-order valence-corrected chi connectivity index (χ3v) is 2.61. The summed E-state index contributed by atoms with van der Waals surface area (Å²) in [5.74, 6) is 0. The Kier molecular flexibility index (Phi) is 6.59. The van der Waals surface area contributed by atoms with E-state index < -0.39 is 0 Å². The second-order valence-corrected chi connectivity index (χ2v) is 4.04. The van der Waals surface area contributed by atoms with Crippen LogP contribution in [0.4, 0.5) is 0 Å². The first-order valence-electron chi connectivity index (χ1n) is 6.33. The molecule has 0 bridgehead atoms. The van der Waals surface area contributed by atoms with E-state index in [-0.39, 0.29) is 0 Å². The Balaban J connectivity index is 2.27. The van der Waals surface area contributed by atoms with Crippen molar-refractivity contribution in [2.45, 2.75) is 33.1 Å². The van der Waals surface area contributed by atoms with Gasteiger partial charge in [0.05, 0.1) is 0 Å². The Bertz CT molecular complexity index is 298. The van der Waals surface area contributed by atoms with E-state index in [1.165, 1.54) is 17.5 Å². The van der Waals surface area contributed by atoms with Gasteiger partial charge in [-0.05, 0) is 43.5 Å². The Labute approximate surface area is 99.6 Å². The van der Waals surface area contributed by atoms with Gasteiger partial charge < -0.3 is 5.32 Å². The van der Waals surface area contributed by atoms with Crippen LogP contribution in [0, 0.1) is 0 Å². The highest BCUT2D eigenvalue weighted by molar-refractivity contribution is 5.49. The van der Waals surface area contributed by atoms with Crippen molar-refractivity contribution in [1.29, 1.82) is 0 Å². The van der Waals surface area contributed by atoms with Crippen molar-refractivity contribution < 1.29 is 0 Å². The second kappa shape index (κ2) is 8.12. The number of aryl methyl sites for hydroxylation is 1. The zero-order valence-corrected chi connectivity index (χ0v) is 10.5. The van der Waals surface area contributed by atoms with Gasteiger partial charge in [0.15, 0.2) is 0 Å². The van der Waals surface area contributed by atoms with E-state index in [9.17, 15) is 0 Å². The summed E-state index contributed by atoms with van der Waals surface area (Å²) in [6.07, 6.45) is 7.87. The Morgan fingerprint density at radius 3 is 2.44 bits per heavy atom. The third-order valence-electron chi connectivity index (χ3n) is 2.61. The average molecular weight is 217 g/mol. The number of rotatable bonds is 7. The molecule has 1 aromatic carbocycles. The average Bonchev–Trinajstić information content (AvgIpc) is 2.34. The molecule has 0 saturated heterocycles. The monoisotopic (exact) mass is 217 g/mol. The maximum Gasteiger partial charge on any atom is -0.00142 e. The molecule has 1 aromatic rings. The SMILES string of the molecule is CCCNCCC=Cc1ccc(CC)cc1. The molecule has 1 nitrogen and oxygen atoms in total. The summed E-state index contributed by atoms with van der Waals surface area (Å²) >= 11 is 0. The number of hydrogen-bond acceptors (Lipinski definition) is 1. The molecule has 0 fully saturated rings. The molecule has 0 amide bonds. The maximum absolute atomic E-state index is 3.39. The fraction of sp³-hybridized carbons (Fsp3) is 0.467. The lowest BCUT2D eigenvalue weighted by Crippen LogP contribution is -2.14. The largest absolute Gasteiger partial charge is 0.316 e. The molecular formula is C15H23N. The number of hydrogen-bond donors (Lipinski definition) is 1. The molecule has 0 aromatic heterocycles. The first-order chi connectivity index (χ1) is 7.86. The highest BCUT2D eigenvalue weighted by Gasteiger charge is 1.88. The summed E-state index contributed by atoms with van der Waals surface area (Å²) in [7, 11) is 0. The van der Waals surface area contributed by atoms with Crippen LogP contribution >= 0.6 is 0 Å². The normalized spacial score (nSPS) is 11.1. The molecule has 0 atom stereocenters. The smallest absolute Gasteiger partial charge is 0.00142 e. The summed E-state index contributed by atoms with van der Waals surface area (Å²) in [5, 5.41) is 3.39. The predicted octanol–water partition coefficient (Wildman–Crippen LogP) is 3.65. The zero-order valence-electron chi connectivity index (χ0n) is 10.5. The van der Waals surface area contributed by atoms with E-state index in [1.54, 1.807) is 0 Å². The van der Waals surface area contributed by atoms with E-state index in [1.807, 2.05) is 0 Å². The molecule has 88 valence electrons. The molecule has 0 radical (unpaired) electrons. The lowest BCUT2D eigenvalue weighted by Gasteiger charge is -1.99. The summed E-state index contributed by atoms with van der Waals surface area (Å²) in [4.78, 5) is 0. The fourth-order valence-corrected chi connectivity index (χ4v) is 1.57. The molecule has 0 aliphatic heterocycles. The van der Waals surface area contributed by atoms with Crippen LogP contribution in [0.25, 0.3) is 6.08 Å². The van der Waals surface area contributed by atoms with Gasteiger partial charge in [0, 0.05) is 0 Å². The van der Waals surface area contributed by atoms with Crippen molar-refractivity contribution in [2.24, 2.45) is 0 Å². The zero-order chi connectivity index (χ0) is 11.6. The van der Waals surface area contributed by atoms with Crippen molar-refractivity contribution in [1.82, 2.24) is 5.32 Å². The Morgan fingerprint density at radius 1 is 1.06 bits per heavy atom. The molecule has 1 heteroatoms. The van der Waals surface area contributed by atoms with Crippen LogP contribution in [0.1, 0.15) is 37.8 Å². The first kappa shape index (κ1) is 13.0. The first-order valence-corrected chi connectivity index (χ1v) is 6.33. The second-order valence-electron chi connectivity index (χ2n) is 4.04. The molecule has 1 rings (SSSR count). The molecule has 16 heavy (non-hydrogen) atoms. The molecule has 0 aliphatic carbocycles. The highest BCUT2D eigenvalue weighted by Crippen LogP contribution is 2.06. The summed E-state index contributed by atoms with van der Waals surface area (Å²) in [6.45, 7) is 6.58. The fourth-order valence-electron chi connectivity index (χ4n) is 1.57. The van der Waals surface area contributed by atoms with E-state index in [4.69, 9.17) is 0 Å². The van der Waals surface area contributed by atoms with Gasteiger partial charge in [-0.2, -0.15) is 0 Å². The van der Waals surface area contributed by atoms with Gasteiger partial charge in [-0.1, -0.05) is 50.3 Å². The third kappa shape index (κ3) is 5.13. The van der Waals surface area contributed by atoms with Crippen molar-refractivity contribution in [2.75, 3.05) is 13.1 Å². The standard InChI is InChI=1S/C15H23N/c1-3-12-16-13-6-5-7-15-10-8-14(4-2)9-11-15/h5,7-11,16H,3-4,6,12-13H2,1-2H3. The molecular weight excluding hydrogens is 194 g/mol. The molecule has 0 spiro atoms. The van der Waals surface area contributed by atoms with Crippen LogP contribution in [0.5, 0.6) is 0 Å². The van der Waals surface area contributed by atoms with Crippen LogP contribution in [0.15, 0.2) is 30.3 Å². The van der Waals surface area contributed by atoms with Gasteiger partial charge >= 0.3 is 0 Å². The topological polar surface area (TPSA) is 12.0 Å². The van der Waals surface area contributed by atoms with Gasteiger partial charge in [-0.15, -0.1) is 0 Å². The Morgan fingerprint density at radius 2 is 1.81 bits per heavy atom. The van der Waals surface area contributed by atoms with Gasteiger partial charge in [-0.25, -0.2) is 0 Å². The lowest BCUT2D eigenvalue weighted by atomic mass is 10.1. The number of benzene rings is 1. The van der Waals surface area contributed by atoms with Crippen LogP contribution in [0.2, 0.25) is 0 Å². The van der Waals surface area contributed by atoms with Gasteiger partial charge in [-0.3, -0.25) is 0 Å². The van der Waals surface area contributed by atoms with Crippen molar-refractivity contribution >= 4 is 6.08 Å².